The fourth-order valence-corrected chi connectivity index (χ4v) is 4.16. The van der Waals surface area contributed by atoms with Crippen molar-refractivity contribution in [3.05, 3.63) is 24.0 Å². The maximum absolute atomic E-state index is 11.4. The molecule has 1 aliphatic heterocycles. The highest BCUT2D eigenvalue weighted by Gasteiger charge is 2.47. The van der Waals surface area contributed by atoms with E-state index in [4.69, 9.17) is 14.6 Å². The summed E-state index contributed by atoms with van der Waals surface area (Å²) in [5, 5.41) is 19.1. The zero-order valence-corrected chi connectivity index (χ0v) is 17.0. The quantitative estimate of drug-likeness (QED) is 0.313. The summed E-state index contributed by atoms with van der Waals surface area (Å²) < 4.78 is 11.4. The predicted molar refractivity (Wildman–Crippen MR) is 105 cm³/mol. The number of carbonyl (C=O) groups is 2. The van der Waals surface area contributed by atoms with Gasteiger partial charge in [0.15, 0.2) is 0 Å². The summed E-state index contributed by atoms with van der Waals surface area (Å²) in [6, 6.07) is 0. The molecule has 0 amide bonds. The van der Waals surface area contributed by atoms with Crippen molar-refractivity contribution >= 4 is 11.9 Å². The molecular formula is C22H34O6. The van der Waals surface area contributed by atoms with Gasteiger partial charge in [-0.15, -0.1) is 0 Å². The third-order valence-corrected chi connectivity index (χ3v) is 5.55. The number of aliphatic carboxylic acids is 1. The van der Waals surface area contributed by atoms with Gasteiger partial charge in [0.05, 0.1) is 11.9 Å². The van der Waals surface area contributed by atoms with E-state index in [-0.39, 0.29) is 36.4 Å². The molecule has 0 aromatic heterocycles. The zero-order valence-electron chi connectivity index (χ0n) is 17.0. The van der Waals surface area contributed by atoms with Gasteiger partial charge in [-0.25, -0.2) is 0 Å². The zero-order chi connectivity index (χ0) is 20.5. The molecule has 28 heavy (non-hydrogen) atoms. The van der Waals surface area contributed by atoms with Crippen LogP contribution in [0.3, 0.4) is 0 Å². The second kappa shape index (κ2) is 11.2. The molecule has 6 nitrogen and oxygen atoms in total. The number of hydrogen-bond donors (Lipinski definition) is 2. The molecule has 0 unspecified atom stereocenters. The lowest BCUT2D eigenvalue weighted by Crippen LogP contribution is -2.19. The first kappa shape index (κ1) is 22.5. The van der Waals surface area contributed by atoms with E-state index in [1.807, 2.05) is 18.2 Å². The van der Waals surface area contributed by atoms with E-state index in [0.717, 1.165) is 37.9 Å². The number of aliphatic hydroxyl groups excluding tert-OH is 1. The molecule has 2 aliphatic rings. The van der Waals surface area contributed by atoms with Gasteiger partial charge < -0.3 is 19.7 Å². The Hall–Kier alpha value is -1.82. The molecule has 0 spiro atoms. The Morgan fingerprint density at radius 2 is 2.11 bits per heavy atom. The fourth-order valence-electron chi connectivity index (χ4n) is 4.16. The predicted octanol–water partition coefficient (Wildman–Crippen LogP) is 3.98. The standard InChI is InChI=1S/C22H34O6/c1-3-4-5-8-16(27-15(2)23)11-12-18-19-13-17(9-6-7-10-22(25)26)28-21(19)14-20(18)24/h9,11-12,16,18-21,24H,3-8,10,13-14H2,1-2H3,(H,25,26)/b12-11+,17-9-/t16-,18+,19+,20+,21-/m0/s1. The van der Waals surface area contributed by atoms with Crippen molar-refractivity contribution in [2.75, 3.05) is 0 Å². The molecule has 2 fully saturated rings. The van der Waals surface area contributed by atoms with E-state index < -0.39 is 12.1 Å². The minimum absolute atomic E-state index is 0.00245. The third kappa shape index (κ3) is 6.97. The normalized spacial score (nSPS) is 29.0. The van der Waals surface area contributed by atoms with Crippen LogP contribution in [0.25, 0.3) is 0 Å². The van der Waals surface area contributed by atoms with Crippen molar-refractivity contribution in [2.45, 2.75) is 89.9 Å². The third-order valence-electron chi connectivity index (χ3n) is 5.55. The lowest BCUT2D eigenvalue weighted by atomic mass is 9.90. The van der Waals surface area contributed by atoms with Gasteiger partial charge in [0.1, 0.15) is 12.2 Å². The maximum atomic E-state index is 11.4. The molecular weight excluding hydrogens is 360 g/mol. The first-order valence-electron chi connectivity index (χ1n) is 10.5. The first-order chi connectivity index (χ1) is 13.4. The molecule has 0 radical (unpaired) electrons. The van der Waals surface area contributed by atoms with Crippen molar-refractivity contribution in [3.63, 3.8) is 0 Å². The molecule has 158 valence electrons. The largest absolute Gasteiger partial charge is 0.495 e. The first-order valence-corrected chi connectivity index (χ1v) is 10.5. The Bertz CT molecular complexity index is 582. The number of aliphatic hydroxyl groups is 1. The summed E-state index contributed by atoms with van der Waals surface area (Å²) >= 11 is 0. The van der Waals surface area contributed by atoms with E-state index in [2.05, 4.69) is 6.92 Å². The average molecular weight is 395 g/mol. The van der Waals surface area contributed by atoms with Gasteiger partial charge in [-0.1, -0.05) is 25.8 Å². The maximum Gasteiger partial charge on any atom is 0.303 e. The van der Waals surface area contributed by atoms with E-state index in [0.29, 0.717) is 19.3 Å². The highest BCUT2D eigenvalue weighted by atomic mass is 16.5. The molecule has 1 heterocycles. The van der Waals surface area contributed by atoms with Crippen LogP contribution in [0.1, 0.15) is 71.6 Å². The van der Waals surface area contributed by atoms with Crippen molar-refractivity contribution in [1.29, 1.82) is 0 Å². The van der Waals surface area contributed by atoms with E-state index in [1.165, 1.54) is 6.92 Å². The van der Waals surface area contributed by atoms with Crippen LogP contribution < -0.4 is 0 Å². The van der Waals surface area contributed by atoms with Gasteiger partial charge in [0.25, 0.3) is 0 Å². The number of ether oxygens (including phenoxy) is 2. The van der Waals surface area contributed by atoms with E-state index >= 15 is 0 Å². The lowest BCUT2D eigenvalue weighted by molar-refractivity contribution is -0.144. The summed E-state index contributed by atoms with van der Waals surface area (Å²) in [5.74, 6) is 0.0406. The van der Waals surface area contributed by atoms with Gasteiger partial charge >= 0.3 is 11.9 Å². The number of rotatable bonds is 11. The molecule has 2 N–H and O–H groups in total. The number of carbonyl (C=O) groups excluding carboxylic acids is 1. The lowest BCUT2D eigenvalue weighted by Gasteiger charge is -2.18. The van der Waals surface area contributed by atoms with Crippen LogP contribution in [-0.2, 0) is 19.1 Å². The molecule has 6 heteroatoms. The van der Waals surface area contributed by atoms with Gasteiger partial charge in [-0.2, -0.15) is 0 Å². The number of unbranched alkanes of at least 4 members (excludes halogenated alkanes) is 3. The number of carboxylic acids is 1. The van der Waals surface area contributed by atoms with E-state index in [1.54, 1.807) is 0 Å². The summed E-state index contributed by atoms with van der Waals surface area (Å²) in [6.07, 6.45) is 12.1. The summed E-state index contributed by atoms with van der Waals surface area (Å²) in [7, 11) is 0. The smallest absolute Gasteiger partial charge is 0.303 e. The second-order valence-electron chi connectivity index (χ2n) is 7.89. The average Bonchev–Trinajstić information content (AvgIpc) is 3.12. The number of hydrogen-bond acceptors (Lipinski definition) is 5. The molecule has 1 saturated carbocycles. The molecule has 0 bridgehead atoms. The van der Waals surface area contributed by atoms with Gasteiger partial charge in [0, 0.05) is 38.0 Å². The summed E-state index contributed by atoms with van der Waals surface area (Å²) in [6.45, 7) is 3.56. The summed E-state index contributed by atoms with van der Waals surface area (Å²) in [5.41, 5.74) is 0. The Labute approximate surface area is 167 Å². The molecule has 2 rings (SSSR count). The SMILES string of the molecule is CCCCC[C@@H](/C=C/[C@@H]1[C@H]2C/C(=C/CCCC(=O)O)O[C@H]2C[C@H]1O)OC(C)=O. The van der Waals surface area contributed by atoms with E-state index in [9.17, 15) is 14.7 Å². The van der Waals surface area contributed by atoms with Gasteiger partial charge in [-0.3, -0.25) is 9.59 Å². The molecule has 0 aromatic rings. The molecule has 1 aliphatic carbocycles. The highest BCUT2D eigenvalue weighted by molar-refractivity contribution is 5.66. The van der Waals surface area contributed by atoms with Gasteiger partial charge in [-0.05, 0) is 37.8 Å². The highest BCUT2D eigenvalue weighted by Crippen LogP contribution is 2.45. The monoisotopic (exact) mass is 394 g/mol. The van der Waals surface area contributed by atoms with Crippen LogP contribution in [0.4, 0.5) is 0 Å². The van der Waals surface area contributed by atoms with Crippen LogP contribution in [0.2, 0.25) is 0 Å². The Kier molecular flexibility index (Phi) is 9.03. The Balaban J connectivity index is 1.92. The number of carboxylic acid groups (broad SMARTS) is 1. The van der Waals surface area contributed by atoms with Crippen LogP contribution >= 0.6 is 0 Å². The van der Waals surface area contributed by atoms with Crippen LogP contribution in [0.15, 0.2) is 24.0 Å². The topological polar surface area (TPSA) is 93.1 Å². The number of allylic oxidation sites excluding steroid dienone is 2. The molecule has 0 aromatic carbocycles. The fraction of sp³-hybridized carbons (Fsp3) is 0.727. The van der Waals surface area contributed by atoms with Crippen molar-refractivity contribution in [3.8, 4) is 0 Å². The van der Waals surface area contributed by atoms with Crippen LogP contribution in [0.5, 0.6) is 0 Å². The minimum atomic E-state index is -0.780. The van der Waals surface area contributed by atoms with Crippen LogP contribution in [-0.4, -0.2) is 40.5 Å². The van der Waals surface area contributed by atoms with Crippen molar-refractivity contribution < 1.29 is 29.3 Å². The number of fused-ring (bicyclic) bond motifs is 1. The van der Waals surface area contributed by atoms with Crippen LogP contribution in [0, 0.1) is 11.8 Å². The number of esters is 1. The Morgan fingerprint density at radius 1 is 1.32 bits per heavy atom. The van der Waals surface area contributed by atoms with Crippen molar-refractivity contribution in [1.82, 2.24) is 0 Å². The molecule has 1 saturated heterocycles. The molecule has 5 atom stereocenters. The van der Waals surface area contributed by atoms with Gasteiger partial charge in [0.2, 0.25) is 0 Å². The minimum Gasteiger partial charge on any atom is -0.495 e. The second-order valence-corrected chi connectivity index (χ2v) is 7.89. The van der Waals surface area contributed by atoms with Crippen molar-refractivity contribution in [2.24, 2.45) is 11.8 Å². The Morgan fingerprint density at radius 3 is 2.79 bits per heavy atom. The summed E-state index contributed by atoms with van der Waals surface area (Å²) in [4.78, 5) is 22.0.